The standard InChI is InChI=1S/C19H25Cl2N3O3/c20-15-4-5-16(21)17(12-15)27-14-19(26)24-10-8-22(9-11-24)13-18(25)23-6-2-1-3-7-23/h4-5,12H,1-3,6-11,13-14H2. The summed E-state index contributed by atoms with van der Waals surface area (Å²) in [4.78, 5) is 30.6. The molecule has 2 amide bonds. The van der Waals surface area contributed by atoms with Gasteiger partial charge in [-0.1, -0.05) is 23.2 Å². The first-order valence-corrected chi connectivity index (χ1v) is 10.1. The maximum atomic E-state index is 12.4. The van der Waals surface area contributed by atoms with E-state index in [1.807, 2.05) is 4.90 Å². The first-order chi connectivity index (χ1) is 13.0. The topological polar surface area (TPSA) is 53.1 Å². The molecule has 0 spiro atoms. The summed E-state index contributed by atoms with van der Waals surface area (Å²) in [6.07, 6.45) is 3.42. The molecule has 1 aromatic carbocycles. The summed E-state index contributed by atoms with van der Waals surface area (Å²) in [5.74, 6) is 0.518. The number of nitrogens with zero attached hydrogens (tertiary/aromatic N) is 3. The number of hydrogen-bond acceptors (Lipinski definition) is 4. The van der Waals surface area contributed by atoms with E-state index >= 15 is 0 Å². The van der Waals surface area contributed by atoms with Crippen LogP contribution in [0.15, 0.2) is 18.2 Å². The average molecular weight is 414 g/mol. The van der Waals surface area contributed by atoms with E-state index in [0.29, 0.717) is 48.5 Å². The maximum absolute atomic E-state index is 12.4. The molecule has 2 aliphatic heterocycles. The van der Waals surface area contributed by atoms with Gasteiger partial charge >= 0.3 is 0 Å². The number of carbonyl (C=O) groups is 2. The largest absolute Gasteiger partial charge is 0.482 e. The van der Waals surface area contributed by atoms with Crippen LogP contribution in [0, 0.1) is 0 Å². The van der Waals surface area contributed by atoms with E-state index in [4.69, 9.17) is 27.9 Å². The number of carbonyl (C=O) groups excluding carboxylic acids is 2. The van der Waals surface area contributed by atoms with E-state index in [2.05, 4.69) is 4.90 Å². The van der Waals surface area contributed by atoms with Gasteiger partial charge in [-0.05, 0) is 31.4 Å². The number of piperazine rings is 1. The van der Waals surface area contributed by atoms with Gasteiger partial charge in [0.1, 0.15) is 5.75 Å². The zero-order chi connectivity index (χ0) is 19.2. The van der Waals surface area contributed by atoms with Gasteiger partial charge in [-0.3, -0.25) is 14.5 Å². The van der Waals surface area contributed by atoms with Crippen LogP contribution in [0.1, 0.15) is 19.3 Å². The van der Waals surface area contributed by atoms with Gasteiger partial charge in [0.25, 0.3) is 5.91 Å². The lowest BCUT2D eigenvalue weighted by atomic mass is 10.1. The molecule has 1 aromatic rings. The van der Waals surface area contributed by atoms with Crippen molar-refractivity contribution in [2.24, 2.45) is 0 Å². The molecule has 2 saturated heterocycles. The first-order valence-electron chi connectivity index (χ1n) is 9.38. The van der Waals surface area contributed by atoms with Crippen molar-refractivity contribution in [3.05, 3.63) is 28.2 Å². The lowest BCUT2D eigenvalue weighted by molar-refractivity contribution is -0.136. The molecule has 0 N–H and O–H groups in total. The molecule has 0 bridgehead atoms. The van der Waals surface area contributed by atoms with Crippen LogP contribution in [0.2, 0.25) is 10.0 Å². The lowest BCUT2D eigenvalue weighted by Crippen LogP contribution is -2.52. The van der Waals surface area contributed by atoms with Crippen molar-refractivity contribution in [2.45, 2.75) is 19.3 Å². The molecule has 0 aliphatic carbocycles. The SMILES string of the molecule is O=C(COc1cc(Cl)ccc1Cl)N1CCN(CC(=O)N2CCCCC2)CC1. The van der Waals surface area contributed by atoms with Crippen LogP contribution < -0.4 is 4.74 Å². The van der Waals surface area contributed by atoms with Gasteiger partial charge in [-0.15, -0.1) is 0 Å². The second kappa shape index (κ2) is 9.62. The summed E-state index contributed by atoms with van der Waals surface area (Å²) < 4.78 is 5.52. The van der Waals surface area contributed by atoms with Gasteiger partial charge in [-0.25, -0.2) is 0 Å². The summed E-state index contributed by atoms with van der Waals surface area (Å²) in [7, 11) is 0. The molecule has 0 unspecified atom stereocenters. The van der Waals surface area contributed by atoms with Crippen LogP contribution >= 0.6 is 23.2 Å². The van der Waals surface area contributed by atoms with Crippen molar-refractivity contribution in [1.82, 2.24) is 14.7 Å². The van der Waals surface area contributed by atoms with Crippen LogP contribution in [0.3, 0.4) is 0 Å². The Morgan fingerprint density at radius 1 is 0.889 bits per heavy atom. The van der Waals surface area contributed by atoms with Gasteiger partial charge in [0.15, 0.2) is 6.61 Å². The molecule has 0 radical (unpaired) electrons. The van der Waals surface area contributed by atoms with Crippen LogP contribution in [0.25, 0.3) is 0 Å². The van der Waals surface area contributed by atoms with E-state index in [9.17, 15) is 9.59 Å². The van der Waals surface area contributed by atoms with E-state index in [1.165, 1.54) is 6.42 Å². The van der Waals surface area contributed by atoms with Crippen molar-refractivity contribution in [2.75, 3.05) is 52.4 Å². The minimum atomic E-state index is -0.0898. The molecule has 3 rings (SSSR count). The lowest BCUT2D eigenvalue weighted by Gasteiger charge is -2.36. The molecular formula is C19H25Cl2N3O3. The molecule has 2 fully saturated rings. The number of ether oxygens (including phenoxy) is 1. The van der Waals surface area contributed by atoms with Gasteiger partial charge in [0.05, 0.1) is 11.6 Å². The minimum absolute atomic E-state index is 0.0766. The highest BCUT2D eigenvalue weighted by Crippen LogP contribution is 2.27. The third-order valence-electron chi connectivity index (χ3n) is 5.04. The Bertz CT molecular complexity index is 672. The van der Waals surface area contributed by atoms with E-state index in [-0.39, 0.29) is 18.4 Å². The number of halogens is 2. The molecule has 27 heavy (non-hydrogen) atoms. The number of likely N-dealkylation sites (tertiary alicyclic amines) is 1. The summed E-state index contributed by atoms with van der Waals surface area (Å²) >= 11 is 12.0. The zero-order valence-electron chi connectivity index (χ0n) is 15.3. The van der Waals surface area contributed by atoms with Crippen molar-refractivity contribution < 1.29 is 14.3 Å². The van der Waals surface area contributed by atoms with E-state index < -0.39 is 0 Å². The van der Waals surface area contributed by atoms with Crippen LogP contribution in [-0.2, 0) is 9.59 Å². The van der Waals surface area contributed by atoms with Crippen LogP contribution in [-0.4, -0.2) is 78.9 Å². The summed E-state index contributed by atoms with van der Waals surface area (Å²) in [6.45, 7) is 4.70. The van der Waals surface area contributed by atoms with Crippen molar-refractivity contribution in [3.63, 3.8) is 0 Å². The van der Waals surface area contributed by atoms with Crippen molar-refractivity contribution in [1.29, 1.82) is 0 Å². The summed E-state index contributed by atoms with van der Waals surface area (Å²) in [5.41, 5.74) is 0. The molecule has 2 aliphatic rings. The highest BCUT2D eigenvalue weighted by atomic mass is 35.5. The molecular weight excluding hydrogens is 389 g/mol. The quantitative estimate of drug-likeness (QED) is 0.743. The van der Waals surface area contributed by atoms with Crippen LogP contribution in [0.5, 0.6) is 5.75 Å². The van der Waals surface area contributed by atoms with E-state index in [1.54, 1.807) is 23.1 Å². The third-order valence-corrected chi connectivity index (χ3v) is 5.58. The second-order valence-electron chi connectivity index (χ2n) is 6.96. The number of rotatable bonds is 5. The minimum Gasteiger partial charge on any atom is -0.482 e. The van der Waals surface area contributed by atoms with Crippen molar-refractivity contribution in [3.8, 4) is 5.75 Å². The predicted molar refractivity (Wildman–Crippen MR) is 105 cm³/mol. The number of piperidine rings is 1. The Kier molecular flexibility index (Phi) is 7.21. The third kappa shape index (κ3) is 5.74. The summed E-state index contributed by atoms with van der Waals surface area (Å²) in [5, 5.41) is 0.932. The van der Waals surface area contributed by atoms with Crippen LogP contribution in [0.4, 0.5) is 0 Å². The first kappa shape index (κ1) is 20.2. The predicted octanol–water partition coefficient (Wildman–Crippen LogP) is 2.53. The van der Waals surface area contributed by atoms with Gasteiger partial charge in [-0.2, -0.15) is 0 Å². The molecule has 0 aromatic heterocycles. The Morgan fingerprint density at radius 2 is 1.56 bits per heavy atom. The van der Waals surface area contributed by atoms with Gasteiger partial charge in [0.2, 0.25) is 5.91 Å². The average Bonchev–Trinajstić information content (AvgIpc) is 2.69. The normalized spacial score (nSPS) is 18.4. The molecule has 2 heterocycles. The Hall–Kier alpha value is -1.50. The zero-order valence-corrected chi connectivity index (χ0v) is 16.8. The number of benzene rings is 1. The second-order valence-corrected chi connectivity index (χ2v) is 7.81. The van der Waals surface area contributed by atoms with Gasteiger partial charge in [0, 0.05) is 50.4 Å². The maximum Gasteiger partial charge on any atom is 0.260 e. The molecule has 0 atom stereocenters. The Labute approximate surface area is 169 Å². The number of hydrogen-bond donors (Lipinski definition) is 0. The highest BCUT2D eigenvalue weighted by molar-refractivity contribution is 6.34. The molecule has 6 nitrogen and oxygen atoms in total. The van der Waals surface area contributed by atoms with Crippen molar-refractivity contribution >= 4 is 35.0 Å². The molecule has 8 heteroatoms. The monoisotopic (exact) mass is 413 g/mol. The Morgan fingerprint density at radius 3 is 2.26 bits per heavy atom. The smallest absolute Gasteiger partial charge is 0.260 e. The summed E-state index contributed by atoms with van der Waals surface area (Å²) in [6, 6.07) is 4.91. The highest BCUT2D eigenvalue weighted by Gasteiger charge is 2.25. The van der Waals surface area contributed by atoms with Gasteiger partial charge < -0.3 is 14.5 Å². The fourth-order valence-electron chi connectivity index (χ4n) is 3.41. The fourth-order valence-corrected chi connectivity index (χ4v) is 3.74. The van der Waals surface area contributed by atoms with E-state index in [0.717, 1.165) is 25.9 Å². The molecule has 0 saturated carbocycles. The molecule has 148 valence electrons. The number of amides is 2. The fraction of sp³-hybridized carbons (Fsp3) is 0.579. The Balaban J connectivity index is 1.41.